The molecule has 4 N–H and O–H groups in total. The molecule has 37 heavy (non-hydrogen) atoms. The summed E-state index contributed by atoms with van der Waals surface area (Å²) in [6.07, 6.45) is 1.61. The molecule has 0 fully saturated rings. The Labute approximate surface area is 215 Å². The number of nitrogen functional groups attached to an aromatic ring is 1. The quantitative estimate of drug-likeness (QED) is 0.476. The van der Waals surface area contributed by atoms with Crippen LogP contribution in [0.15, 0.2) is 60.8 Å². The minimum atomic E-state index is -1.04. The Hall–Kier alpha value is -4.24. The van der Waals surface area contributed by atoms with E-state index < -0.39 is 11.6 Å². The first-order valence-electron chi connectivity index (χ1n) is 12.0. The summed E-state index contributed by atoms with van der Waals surface area (Å²) in [6.45, 7) is 5.17. The normalized spacial score (nSPS) is 15.9. The number of nitrogens with zero attached hydrogens (tertiary/aromatic N) is 3. The number of amides is 3. The van der Waals surface area contributed by atoms with E-state index in [0.29, 0.717) is 28.2 Å². The first-order valence-corrected chi connectivity index (χ1v) is 12.0. The molecule has 0 radical (unpaired) electrons. The lowest BCUT2D eigenvalue weighted by molar-refractivity contribution is -0.122. The largest absolute Gasteiger partial charge is 0.389 e. The maximum absolute atomic E-state index is 13.7. The second-order valence-corrected chi connectivity index (χ2v) is 9.90. The monoisotopic (exact) mass is 501 g/mol. The van der Waals surface area contributed by atoms with Gasteiger partial charge in [0.05, 0.1) is 16.9 Å². The van der Waals surface area contributed by atoms with Gasteiger partial charge in [-0.05, 0) is 73.9 Å². The molecule has 0 unspecified atom stereocenters. The zero-order valence-corrected chi connectivity index (χ0v) is 21.4. The number of hydrogen-bond donors (Lipinski definition) is 3. The minimum Gasteiger partial charge on any atom is -0.389 e. The third-order valence-electron chi connectivity index (χ3n) is 6.34. The van der Waals surface area contributed by atoms with Crippen molar-refractivity contribution in [3.8, 4) is 11.1 Å². The number of carbonyl (C=O) groups excluding carboxylic acids is 3. The maximum Gasteiger partial charge on any atom is 0.256 e. The number of aromatic nitrogens is 1. The van der Waals surface area contributed by atoms with Gasteiger partial charge in [0.15, 0.2) is 0 Å². The average Bonchev–Trinajstić information content (AvgIpc) is 2.93. The highest BCUT2D eigenvalue weighted by Gasteiger charge is 2.35. The summed E-state index contributed by atoms with van der Waals surface area (Å²) in [5.74, 6) is -0.455. The van der Waals surface area contributed by atoms with Crippen molar-refractivity contribution in [2.24, 2.45) is 0 Å². The van der Waals surface area contributed by atoms with E-state index in [1.54, 1.807) is 64.3 Å². The van der Waals surface area contributed by atoms with Crippen molar-refractivity contribution in [2.75, 3.05) is 24.2 Å². The number of pyridine rings is 1. The number of carbonyl (C=O) groups is 3. The van der Waals surface area contributed by atoms with Crippen LogP contribution in [0.3, 0.4) is 0 Å². The summed E-state index contributed by atoms with van der Waals surface area (Å²) in [5, 5.41) is 12.6. The molecular weight excluding hydrogens is 470 g/mol. The van der Waals surface area contributed by atoms with Gasteiger partial charge in [-0.1, -0.05) is 18.2 Å². The van der Waals surface area contributed by atoms with Gasteiger partial charge >= 0.3 is 0 Å². The number of nitrogens with one attached hydrogen (secondary N) is 1. The molecule has 1 aliphatic heterocycles. The lowest BCUT2D eigenvalue weighted by atomic mass is 10.0. The van der Waals surface area contributed by atoms with Crippen LogP contribution in [0.25, 0.3) is 11.1 Å². The van der Waals surface area contributed by atoms with Crippen LogP contribution in [0.1, 0.15) is 47.1 Å². The van der Waals surface area contributed by atoms with Gasteiger partial charge in [0.1, 0.15) is 11.9 Å². The van der Waals surface area contributed by atoms with Crippen molar-refractivity contribution < 1.29 is 19.5 Å². The number of likely N-dealkylation sites (N-methyl/N-ethyl adjacent to an activating group) is 1. The molecule has 2 heterocycles. The van der Waals surface area contributed by atoms with E-state index in [1.165, 1.54) is 9.80 Å². The van der Waals surface area contributed by atoms with Gasteiger partial charge in [-0.25, -0.2) is 4.98 Å². The van der Waals surface area contributed by atoms with Gasteiger partial charge in [0, 0.05) is 31.9 Å². The third-order valence-corrected chi connectivity index (χ3v) is 6.34. The van der Waals surface area contributed by atoms with Crippen LogP contribution in [0.5, 0.6) is 0 Å². The fourth-order valence-corrected chi connectivity index (χ4v) is 4.28. The summed E-state index contributed by atoms with van der Waals surface area (Å²) in [4.78, 5) is 46.6. The van der Waals surface area contributed by atoms with Gasteiger partial charge < -0.3 is 26.0 Å². The van der Waals surface area contributed by atoms with Crippen LogP contribution in [0.4, 0.5) is 11.5 Å². The Morgan fingerprint density at radius 3 is 2.54 bits per heavy atom. The lowest BCUT2D eigenvalue weighted by Gasteiger charge is -2.27. The Morgan fingerprint density at radius 1 is 1.11 bits per heavy atom. The molecule has 2 aromatic carbocycles. The summed E-state index contributed by atoms with van der Waals surface area (Å²) in [6, 6.07) is 15.1. The fourth-order valence-electron chi connectivity index (χ4n) is 4.28. The fraction of sp³-hybridized carbons (Fsp3) is 0.286. The van der Waals surface area contributed by atoms with Crippen LogP contribution >= 0.6 is 0 Å². The molecule has 0 bridgehead atoms. The van der Waals surface area contributed by atoms with Crippen LogP contribution < -0.4 is 16.0 Å². The van der Waals surface area contributed by atoms with E-state index in [1.807, 2.05) is 24.3 Å². The molecule has 9 heteroatoms. The van der Waals surface area contributed by atoms with Gasteiger partial charge in [-0.3, -0.25) is 14.4 Å². The van der Waals surface area contributed by atoms with Crippen LogP contribution in [0.2, 0.25) is 0 Å². The summed E-state index contributed by atoms with van der Waals surface area (Å²) >= 11 is 0. The topological polar surface area (TPSA) is 129 Å². The van der Waals surface area contributed by atoms with E-state index in [0.717, 1.165) is 11.1 Å². The van der Waals surface area contributed by atoms with Crippen molar-refractivity contribution in [2.45, 2.75) is 39.0 Å². The highest BCUT2D eigenvalue weighted by atomic mass is 16.3. The number of benzene rings is 2. The summed E-state index contributed by atoms with van der Waals surface area (Å²) in [5.41, 5.74) is 8.47. The molecule has 0 aliphatic carbocycles. The second kappa shape index (κ2) is 10.0. The van der Waals surface area contributed by atoms with E-state index in [2.05, 4.69) is 10.3 Å². The zero-order chi connectivity index (χ0) is 26.9. The SMILES string of the molecule is C[C@@H]1C(=O)N(C)c2cc(-c3ccnc(N)c3)ccc2C(=O)N1Cc1cccc(C(=O)NCC(C)(C)O)c1. The van der Waals surface area contributed by atoms with Gasteiger partial charge in [0.25, 0.3) is 11.8 Å². The van der Waals surface area contributed by atoms with Crippen LogP contribution in [0, 0.1) is 0 Å². The van der Waals surface area contributed by atoms with Crippen molar-refractivity contribution in [3.63, 3.8) is 0 Å². The van der Waals surface area contributed by atoms with E-state index in [4.69, 9.17) is 5.73 Å². The molecule has 1 atom stereocenters. The predicted octanol–water partition coefficient (Wildman–Crippen LogP) is 2.84. The average molecular weight is 502 g/mol. The molecule has 9 nitrogen and oxygen atoms in total. The Morgan fingerprint density at radius 2 is 1.84 bits per heavy atom. The van der Waals surface area contributed by atoms with Crippen LogP contribution in [-0.4, -0.2) is 57.9 Å². The Balaban J connectivity index is 1.63. The highest BCUT2D eigenvalue weighted by Crippen LogP contribution is 2.33. The molecule has 3 aromatic rings. The minimum absolute atomic E-state index is 0.101. The van der Waals surface area contributed by atoms with Crippen molar-refractivity contribution in [1.82, 2.24) is 15.2 Å². The third kappa shape index (κ3) is 5.62. The number of nitrogens with two attached hydrogens (primary N) is 1. The van der Waals surface area contributed by atoms with Gasteiger partial charge in [-0.15, -0.1) is 0 Å². The van der Waals surface area contributed by atoms with Crippen LogP contribution in [-0.2, 0) is 11.3 Å². The number of fused-ring (bicyclic) bond motifs is 1. The van der Waals surface area contributed by atoms with E-state index in [9.17, 15) is 19.5 Å². The molecule has 192 valence electrons. The summed E-state index contributed by atoms with van der Waals surface area (Å²) < 4.78 is 0. The van der Waals surface area contributed by atoms with Crippen molar-refractivity contribution >= 4 is 29.2 Å². The molecule has 3 amide bonds. The standard InChI is InChI=1S/C28H31N5O4/c1-17-26(35)32(4)23-13-19(20-10-11-30-24(29)14-20)8-9-22(23)27(36)33(17)15-18-6-5-7-21(12-18)25(34)31-16-28(2,3)37/h5-14,17,37H,15-16H2,1-4H3,(H2,29,30)(H,31,34)/t17-/m1/s1. The van der Waals surface area contributed by atoms with Crippen molar-refractivity contribution in [1.29, 1.82) is 0 Å². The molecule has 4 rings (SSSR count). The molecule has 0 saturated carbocycles. The maximum atomic E-state index is 13.7. The molecule has 0 saturated heterocycles. The first-order chi connectivity index (χ1) is 17.4. The molecule has 1 aromatic heterocycles. The first kappa shape index (κ1) is 25.8. The van der Waals surface area contributed by atoms with E-state index in [-0.39, 0.29) is 30.8 Å². The predicted molar refractivity (Wildman–Crippen MR) is 142 cm³/mol. The second-order valence-electron chi connectivity index (χ2n) is 9.90. The zero-order valence-electron chi connectivity index (χ0n) is 21.4. The number of rotatable bonds is 6. The lowest BCUT2D eigenvalue weighted by Crippen LogP contribution is -2.45. The molecule has 1 aliphatic rings. The van der Waals surface area contributed by atoms with Gasteiger partial charge in [0.2, 0.25) is 5.91 Å². The van der Waals surface area contributed by atoms with Crippen molar-refractivity contribution in [3.05, 3.63) is 77.5 Å². The summed E-state index contributed by atoms with van der Waals surface area (Å²) in [7, 11) is 1.66. The van der Waals surface area contributed by atoms with E-state index >= 15 is 0 Å². The Kier molecular flexibility index (Phi) is 7.00. The number of anilines is 2. The number of aliphatic hydroxyl groups is 1. The number of hydrogen-bond acceptors (Lipinski definition) is 6. The van der Waals surface area contributed by atoms with Gasteiger partial charge in [-0.2, -0.15) is 0 Å². The highest BCUT2D eigenvalue weighted by molar-refractivity contribution is 6.11. The molecular formula is C28H31N5O4. The molecule has 0 spiro atoms. The Bertz CT molecular complexity index is 1360. The smallest absolute Gasteiger partial charge is 0.256 e.